The lowest BCUT2D eigenvalue weighted by molar-refractivity contribution is -0.113. The minimum Gasteiger partial charge on any atom is -0.492 e. The zero-order valence-corrected chi connectivity index (χ0v) is 26.5. The van der Waals surface area contributed by atoms with E-state index in [-0.39, 0.29) is 12.5 Å². The molecular formula is C32H33Cl2N5O3S. The highest BCUT2D eigenvalue weighted by Gasteiger charge is 2.34. The first kappa shape index (κ1) is 30.8. The van der Waals surface area contributed by atoms with E-state index in [1.807, 2.05) is 62.4 Å². The van der Waals surface area contributed by atoms with Crippen molar-refractivity contribution in [2.24, 2.45) is 0 Å². The molecule has 5 rings (SSSR count). The quantitative estimate of drug-likeness (QED) is 0.119. The number of benzene rings is 3. The minimum atomic E-state index is -0.532. The Labute approximate surface area is 265 Å². The third kappa shape index (κ3) is 7.12. The second-order valence-electron chi connectivity index (χ2n) is 9.87. The fourth-order valence-corrected chi connectivity index (χ4v) is 6.13. The van der Waals surface area contributed by atoms with Gasteiger partial charge in [-0.3, -0.25) is 4.79 Å². The maximum absolute atomic E-state index is 14.0. The van der Waals surface area contributed by atoms with E-state index in [0.29, 0.717) is 56.2 Å². The molecule has 0 bridgehead atoms. The molecule has 2 heterocycles. The van der Waals surface area contributed by atoms with Gasteiger partial charge in [0.25, 0.3) is 5.91 Å². The molecule has 1 amide bonds. The first-order chi connectivity index (χ1) is 20.9. The molecule has 0 aliphatic carbocycles. The van der Waals surface area contributed by atoms with E-state index in [1.54, 1.807) is 34.6 Å². The van der Waals surface area contributed by atoms with E-state index < -0.39 is 6.04 Å². The Bertz CT molecular complexity index is 1600. The number of hydrogen-bond donors (Lipinski definition) is 2. The van der Waals surface area contributed by atoms with Gasteiger partial charge in [0.05, 0.1) is 17.9 Å². The van der Waals surface area contributed by atoms with Crippen molar-refractivity contribution in [1.82, 2.24) is 14.8 Å². The molecule has 0 saturated carbocycles. The number of unbranched alkanes of at least 4 members (excludes halogenated alkanes) is 1. The van der Waals surface area contributed by atoms with Crippen LogP contribution in [0.2, 0.25) is 10.0 Å². The van der Waals surface area contributed by atoms with Crippen LogP contribution in [0.5, 0.6) is 11.5 Å². The average molecular weight is 639 g/mol. The van der Waals surface area contributed by atoms with Gasteiger partial charge in [-0.15, -0.1) is 5.10 Å². The Hall–Kier alpha value is -3.66. The van der Waals surface area contributed by atoms with E-state index in [1.165, 1.54) is 0 Å². The molecule has 1 unspecified atom stereocenters. The van der Waals surface area contributed by atoms with Crippen LogP contribution in [-0.4, -0.2) is 33.0 Å². The van der Waals surface area contributed by atoms with Crippen LogP contribution in [0.3, 0.4) is 0 Å². The summed E-state index contributed by atoms with van der Waals surface area (Å²) in [6, 6.07) is 19.8. The lowest BCUT2D eigenvalue weighted by Gasteiger charge is -2.29. The first-order valence-corrected chi connectivity index (χ1v) is 15.9. The molecule has 1 aromatic heterocycles. The molecule has 0 radical (unpaired) electrons. The van der Waals surface area contributed by atoms with Crippen LogP contribution in [0.25, 0.3) is 0 Å². The van der Waals surface area contributed by atoms with E-state index in [9.17, 15) is 4.79 Å². The number of amides is 1. The zero-order valence-electron chi connectivity index (χ0n) is 24.2. The lowest BCUT2D eigenvalue weighted by atomic mass is 9.95. The third-order valence-corrected chi connectivity index (χ3v) is 8.51. The van der Waals surface area contributed by atoms with Gasteiger partial charge in [0.1, 0.15) is 24.1 Å². The number of carbonyl (C=O) groups is 1. The highest BCUT2D eigenvalue weighted by molar-refractivity contribution is 7.99. The number of fused-ring (bicyclic) bond motifs is 1. The highest BCUT2D eigenvalue weighted by atomic mass is 35.5. The van der Waals surface area contributed by atoms with E-state index in [4.69, 9.17) is 42.8 Å². The number of aromatic nitrogens is 3. The fourth-order valence-electron chi connectivity index (χ4n) is 4.72. The summed E-state index contributed by atoms with van der Waals surface area (Å²) in [7, 11) is 0. The molecule has 224 valence electrons. The lowest BCUT2D eigenvalue weighted by Crippen LogP contribution is -2.31. The summed E-state index contributed by atoms with van der Waals surface area (Å²) in [6.45, 7) is 6.65. The molecule has 3 aromatic carbocycles. The van der Waals surface area contributed by atoms with Crippen molar-refractivity contribution in [2.75, 3.05) is 23.0 Å². The van der Waals surface area contributed by atoms with Gasteiger partial charge in [0.15, 0.2) is 0 Å². The van der Waals surface area contributed by atoms with Gasteiger partial charge in [-0.05, 0) is 62.2 Å². The van der Waals surface area contributed by atoms with Gasteiger partial charge in [-0.1, -0.05) is 78.6 Å². The molecule has 0 spiro atoms. The SMILES string of the molecule is CCCCSc1nc2n(n1)C(c1ccc(OCc3c(Cl)cccc3Cl)cc1)C(C(=O)Nc1ccccc1OCC)=C(C)N2. The normalized spacial score (nSPS) is 14.2. The van der Waals surface area contributed by atoms with Gasteiger partial charge in [-0.2, -0.15) is 4.98 Å². The summed E-state index contributed by atoms with van der Waals surface area (Å²) in [5.41, 5.74) is 3.37. The van der Waals surface area contributed by atoms with Crippen molar-refractivity contribution >= 4 is 52.5 Å². The molecule has 43 heavy (non-hydrogen) atoms. The Morgan fingerprint density at radius 2 is 1.77 bits per heavy atom. The number of allylic oxidation sites excluding steroid dienone is 1. The number of para-hydroxylation sites is 2. The molecule has 0 fully saturated rings. The summed E-state index contributed by atoms with van der Waals surface area (Å²) in [5.74, 6) is 2.48. The zero-order chi connectivity index (χ0) is 30.3. The van der Waals surface area contributed by atoms with Crippen LogP contribution in [0.4, 0.5) is 11.6 Å². The predicted molar refractivity (Wildman–Crippen MR) is 174 cm³/mol. The van der Waals surface area contributed by atoms with E-state index in [2.05, 4.69) is 17.6 Å². The molecule has 8 nitrogen and oxygen atoms in total. The number of ether oxygens (including phenoxy) is 2. The van der Waals surface area contributed by atoms with Gasteiger partial charge in [0, 0.05) is 27.1 Å². The molecule has 4 aromatic rings. The molecule has 0 saturated heterocycles. The Balaban J connectivity index is 1.46. The monoisotopic (exact) mass is 637 g/mol. The number of anilines is 2. The Kier molecular flexibility index (Phi) is 10.2. The third-order valence-electron chi connectivity index (χ3n) is 6.88. The number of nitrogens with zero attached hydrogens (tertiary/aromatic N) is 3. The van der Waals surface area contributed by atoms with Crippen molar-refractivity contribution in [2.45, 2.75) is 51.4 Å². The second-order valence-corrected chi connectivity index (χ2v) is 11.7. The van der Waals surface area contributed by atoms with Gasteiger partial charge in [-0.25, -0.2) is 4.68 Å². The number of rotatable bonds is 12. The van der Waals surface area contributed by atoms with E-state index >= 15 is 0 Å². The van der Waals surface area contributed by atoms with Crippen LogP contribution in [0.15, 0.2) is 83.2 Å². The number of halogens is 2. The molecular weight excluding hydrogens is 605 g/mol. The molecule has 11 heteroatoms. The van der Waals surface area contributed by atoms with Crippen molar-refractivity contribution in [3.63, 3.8) is 0 Å². The van der Waals surface area contributed by atoms with Crippen LogP contribution in [-0.2, 0) is 11.4 Å². The van der Waals surface area contributed by atoms with Crippen molar-refractivity contribution in [1.29, 1.82) is 0 Å². The first-order valence-electron chi connectivity index (χ1n) is 14.2. The summed E-state index contributed by atoms with van der Waals surface area (Å²) >= 11 is 14.2. The maximum Gasteiger partial charge on any atom is 0.255 e. The second kappa shape index (κ2) is 14.2. The summed E-state index contributed by atoms with van der Waals surface area (Å²) in [5, 5.41) is 12.9. The largest absolute Gasteiger partial charge is 0.492 e. The van der Waals surface area contributed by atoms with Crippen molar-refractivity contribution < 1.29 is 14.3 Å². The molecule has 1 aliphatic heterocycles. The van der Waals surface area contributed by atoms with Crippen LogP contribution >= 0.6 is 35.0 Å². The highest BCUT2D eigenvalue weighted by Crippen LogP contribution is 2.38. The summed E-state index contributed by atoms with van der Waals surface area (Å²) < 4.78 is 13.5. The van der Waals surface area contributed by atoms with E-state index in [0.717, 1.165) is 29.7 Å². The Morgan fingerprint density at radius 3 is 2.49 bits per heavy atom. The van der Waals surface area contributed by atoms with Gasteiger partial charge < -0.3 is 20.1 Å². The number of carbonyl (C=O) groups excluding carboxylic acids is 1. The summed E-state index contributed by atoms with van der Waals surface area (Å²) in [6.07, 6.45) is 2.16. The Morgan fingerprint density at radius 1 is 1.02 bits per heavy atom. The molecule has 2 N–H and O–H groups in total. The number of thioether (sulfide) groups is 1. The van der Waals surface area contributed by atoms with Crippen LogP contribution in [0.1, 0.15) is 50.8 Å². The van der Waals surface area contributed by atoms with Gasteiger partial charge >= 0.3 is 0 Å². The van der Waals surface area contributed by atoms with Crippen LogP contribution < -0.4 is 20.1 Å². The van der Waals surface area contributed by atoms with Crippen LogP contribution in [0, 0.1) is 0 Å². The van der Waals surface area contributed by atoms with Gasteiger partial charge in [0.2, 0.25) is 11.1 Å². The predicted octanol–water partition coefficient (Wildman–Crippen LogP) is 8.38. The molecule has 1 atom stereocenters. The van der Waals surface area contributed by atoms with Crippen molar-refractivity contribution in [3.8, 4) is 11.5 Å². The summed E-state index contributed by atoms with van der Waals surface area (Å²) in [4.78, 5) is 18.7. The fraction of sp³-hybridized carbons (Fsp3) is 0.281. The standard InChI is InChI=1S/C32H33Cl2N5O3S/c1-4-6-18-43-32-37-31-35-20(3)28(30(40)36-26-12-7-8-13-27(26)41-5-2)29(39(31)38-32)21-14-16-22(17-15-21)42-19-23-24(33)10-9-11-25(23)34/h7-17,29H,4-6,18-19H2,1-3H3,(H,36,40)(H,35,37,38). The topological polar surface area (TPSA) is 90.3 Å². The molecule has 1 aliphatic rings. The van der Waals surface area contributed by atoms with Crippen molar-refractivity contribution in [3.05, 3.63) is 99.2 Å². The average Bonchev–Trinajstić information content (AvgIpc) is 3.40. The number of nitrogens with one attached hydrogen (secondary N) is 2. The maximum atomic E-state index is 14.0. The smallest absolute Gasteiger partial charge is 0.255 e. The number of hydrogen-bond acceptors (Lipinski definition) is 7. The minimum absolute atomic E-state index is 0.225.